The van der Waals surface area contributed by atoms with E-state index >= 15 is 0 Å². The van der Waals surface area contributed by atoms with Gasteiger partial charge in [-0.15, -0.1) is 11.8 Å². The molecule has 0 radical (unpaired) electrons. The number of thioether (sulfide) groups is 1. The van der Waals surface area contributed by atoms with Gasteiger partial charge in [0.05, 0.1) is 12.2 Å². The Balaban J connectivity index is 1.23. The molecule has 0 saturated carbocycles. The molecule has 158 valence electrons. The van der Waals surface area contributed by atoms with E-state index in [9.17, 15) is 14.0 Å². The summed E-state index contributed by atoms with van der Waals surface area (Å²) in [7, 11) is 0. The maximum absolute atomic E-state index is 13.0. The number of carbonyl (C=O) groups is 2. The Morgan fingerprint density at radius 1 is 0.867 bits per heavy atom. The van der Waals surface area contributed by atoms with Gasteiger partial charge in [-0.25, -0.2) is 4.39 Å². The molecular weight excluding hydrogens is 407 g/mol. The lowest BCUT2D eigenvalue weighted by molar-refractivity contribution is -0.137. The summed E-state index contributed by atoms with van der Waals surface area (Å²) in [4.78, 5) is 29.6. The first-order valence-corrected chi connectivity index (χ1v) is 10.9. The maximum atomic E-state index is 13.0. The molecule has 0 aromatic heterocycles. The minimum atomic E-state index is -0.313. The zero-order valence-corrected chi connectivity index (χ0v) is 17.3. The van der Waals surface area contributed by atoms with Crippen molar-refractivity contribution >= 4 is 23.6 Å². The first kappa shape index (κ1) is 20.5. The van der Waals surface area contributed by atoms with E-state index in [-0.39, 0.29) is 24.1 Å². The van der Waals surface area contributed by atoms with Gasteiger partial charge in [-0.2, -0.15) is 0 Å². The summed E-state index contributed by atoms with van der Waals surface area (Å²) < 4.78 is 24.1. The summed E-state index contributed by atoms with van der Waals surface area (Å²) in [6.07, 6.45) is 0.244. The molecule has 2 aliphatic heterocycles. The van der Waals surface area contributed by atoms with Crippen LogP contribution in [0.15, 0.2) is 47.4 Å². The fourth-order valence-corrected chi connectivity index (χ4v) is 4.27. The number of hydrogen-bond donors (Lipinski definition) is 0. The summed E-state index contributed by atoms with van der Waals surface area (Å²) in [5.74, 6) is 1.53. The Morgan fingerprint density at radius 3 is 2.20 bits per heavy atom. The highest BCUT2D eigenvalue weighted by molar-refractivity contribution is 8.00. The standard InChI is InChI=1S/C22H23FN2O4S/c23-17-3-1-16(2-4-17)13-21(26)24-7-9-25(10-8-24)22(27)15-30-18-5-6-19-20(14-18)29-12-11-28-19/h1-6,14H,7-13,15H2. The van der Waals surface area contributed by atoms with Crippen LogP contribution in [0.25, 0.3) is 0 Å². The molecule has 30 heavy (non-hydrogen) atoms. The first-order valence-electron chi connectivity index (χ1n) is 9.91. The molecule has 0 N–H and O–H groups in total. The number of hydrogen-bond acceptors (Lipinski definition) is 5. The van der Waals surface area contributed by atoms with Crippen LogP contribution < -0.4 is 9.47 Å². The molecule has 0 spiro atoms. The molecule has 2 heterocycles. The van der Waals surface area contributed by atoms with Gasteiger partial charge in [0.25, 0.3) is 0 Å². The van der Waals surface area contributed by atoms with Crippen molar-refractivity contribution in [3.8, 4) is 11.5 Å². The number of rotatable bonds is 5. The SMILES string of the molecule is O=C(CSc1ccc2c(c1)OCCO2)N1CCN(C(=O)Cc2ccc(F)cc2)CC1. The third-order valence-corrected chi connectivity index (χ3v) is 6.11. The van der Waals surface area contributed by atoms with E-state index in [4.69, 9.17) is 9.47 Å². The van der Waals surface area contributed by atoms with Gasteiger partial charge in [0, 0.05) is 31.1 Å². The molecule has 0 aliphatic carbocycles. The molecule has 2 amide bonds. The van der Waals surface area contributed by atoms with Gasteiger partial charge in [-0.1, -0.05) is 12.1 Å². The smallest absolute Gasteiger partial charge is 0.233 e. The van der Waals surface area contributed by atoms with Crippen LogP contribution in [0.5, 0.6) is 11.5 Å². The largest absolute Gasteiger partial charge is 0.486 e. The van der Waals surface area contributed by atoms with E-state index in [1.165, 1.54) is 23.9 Å². The number of nitrogens with zero attached hydrogens (tertiary/aromatic N) is 2. The topological polar surface area (TPSA) is 59.1 Å². The van der Waals surface area contributed by atoms with Crippen LogP contribution in [0.3, 0.4) is 0 Å². The van der Waals surface area contributed by atoms with E-state index in [2.05, 4.69) is 0 Å². The zero-order chi connectivity index (χ0) is 20.9. The molecule has 8 heteroatoms. The highest BCUT2D eigenvalue weighted by Gasteiger charge is 2.24. The second-order valence-electron chi connectivity index (χ2n) is 7.16. The second kappa shape index (κ2) is 9.38. The summed E-state index contributed by atoms with van der Waals surface area (Å²) in [6.45, 7) is 3.16. The van der Waals surface area contributed by atoms with Gasteiger partial charge in [-0.3, -0.25) is 9.59 Å². The Morgan fingerprint density at radius 2 is 1.50 bits per heavy atom. The zero-order valence-electron chi connectivity index (χ0n) is 16.5. The number of halogens is 1. The van der Waals surface area contributed by atoms with Crippen LogP contribution in [0.2, 0.25) is 0 Å². The van der Waals surface area contributed by atoms with Crippen molar-refractivity contribution in [1.82, 2.24) is 9.80 Å². The van der Waals surface area contributed by atoms with Crippen LogP contribution in [-0.2, 0) is 16.0 Å². The van der Waals surface area contributed by atoms with E-state index in [1.807, 2.05) is 18.2 Å². The lowest BCUT2D eigenvalue weighted by Gasteiger charge is -2.35. The average Bonchev–Trinajstić information content (AvgIpc) is 2.79. The molecule has 6 nitrogen and oxygen atoms in total. The van der Waals surface area contributed by atoms with Crippen LogP contribution in [0.4, 0.5) is 4.39 Å². The van der Waals surface area contributed by atoms with Crippen LogP contribution >= 0.6 is 11.8 Å². The lowest BCUT2D eigenvalue weighted by Crippen LogP contribution is -2.51. The molecule has 0 bridgehead atoms. The van der Waals surface area contributed by atoms with Crippen molar-refractivity contribution in [3.05, 3.63) is 53.8 Å². The van der Waals surface area contributed by atoms with Crippen LogP contribution in [0.1, 0.15) is 5.56 Å². The van der Waals surface area contributed by atoms with E-state index < -0.39 is 0 Å². The first-order chi connectivity index (χ1) is 14.6. The van der Waals surface area contributed by atoms with Crippen molar-refractivity contribution in [2.75, 3.05) is 45.1 Å². The summed E-state index contributed by atoms with van der Waals surface area (Å²) >= 11 is 1.47. The monoisotopic (exact) mass is 430 g/mol. The minimum Gasteiger partial charge on any atom is -0.486 e. The highest BCUT2D eigenvalue weighted by Crippen LogP contribution is 2.34. The normalized spacial score (nSPS) is 15.8. The van der Waals surface area contributed by atoms with Crippen molar-refractivity contribution in [1.29, 1.82) is 0 Å². The van der Waals surface area contributed by atoms with Gasteiger partial charge in [0.1, 0.15) is 19.0 Å². The predicted octanol–water partition coefficient (Wildman–Crippen LogP) is 2.60. The summed E-state index contributed by atoms with van der Waals surface area (Å²) in [6, 6.07) is 11.7. The van der Waals surface area contributed by atoms with Gasteiger partial charge in [0.15, 0.2) is 11.5 Å². The van der Waals surface area contributed by atoms with Crippen molar-refractivity contribution in [3.63, 3.8) is 0 Å². The van der Waals surface area contributed by atoms with E-state index in [0.717, 1.165) is 16.2 Å². The molecule has 1 saturated heterocycles. The van der Waals surface area contributed by atoms with E-state index in [0.29, 0.717) is 50.9 Å². The minimum absolute atomic E-state index is 0.000592. The lowest BCUT2D eigenvalue weighted by atomic mass is 10.1. The van der Waals surface area contributed by atoms with Crippen LogP contribution in [0, 0.1) is 5.82 Å². The van der Waals surface area contributed by atoms with Gasteiger partial charge >= 0.3 is 0 Å². The second-order valence-corrected chi connectivity index (χ2v) is 8.21. The predicted molar refractivity (Wildman–Crippen MR) is 111 cm³/mol. The van der Waals surface area contributed by atoms with Gasteiger partial charge in [-0.05, 0) is 35.9 Å². The third kappa shape index (κ3) is 5.05. The number of ether oxygens (including phenoxy) is 2. The molecule has 2 aromatic carbocycles. The average molecular weight is 431 g/mol. The number of piperazine rings is 1. The Bertz CT molecular complexity index is 914. The van der Waals surface area contributed by atoms with Gasteiger partial charge < -0.3 is 19.3 Å². The summed E-state index contributed by atoms with van der Waals surface area (Å²) in [5, 5.41) is 0. The van der Waals surface area contributed by atoms with Crippen molar-refractivity contribution < 1.29 is 23.5 Å². The highest BCUT2D eigenvalue weighted by atomic mass is 32.2. The summed E-state index contributed by atoms with van der Waals surface area (Å²) in [5.41, 5.74) is 0.788. The molecule has 2 aliphatic rings. The maximum Gasteiger partial charge on any atom is 0.233 e. The molecule has 1 fully saturated rings. The molecule has 4 rings (SSSR count). The molecule has 0 unspecified atom stereocenters. The molecule has 0 atom stereocenters. The number of fused-ring (bicyclic) bond motifs is 1. The molecule has 2 aromatic rings. The number of amides is 2. The quantitative estimate of drug-likeness (QED) is 0.683. The van der Waals surface area contributed by atoms with Crippen LogP contribution in [-0.4, -0.2) is 66.8 Å². The number of carbonyl (C=O) groups excluding carboxylic acids is 2. The number of benzene rings is 2. The Hall–Kier alpha value is -2.74. The Kier molecular flexibility index (Phi) is 6.42. The fraction of sp³-hybridized carbons (Fsp3) is 0.364. The Labute approximate surface area is 178 Å². The van der Waals surface area contributed by atoms with Gasteiger partial charge in [0.2, 0.25) is 11.8 Å². The van der Waals surface area contributed by atoms with E-state index in [1.54, 1.807) is 21.9 Å². The molecular formula is C22H23FN2O4S. The third-order valence-electron chi connectivity index (χ3n) is 5.13. The van der Waals surface area contributed by atoms with Crippen molar-refractivity contribution in [2.45, 2.75) is 11.3 Å². The van der Waals surface area contributed by atoms with Crippen molar-refractivity contribution in [2.24, 2.45) is 0 Å². The fourth-order valence-electron chi connectivity index (χ4n) is 3.44.